The van der Waals surface area contributed by atoms with E-state index in [-0.39, 0.29) is 0 Å². The number of piperidine rings is 1. The van der Waals surface area contributed by atoms with Crippen molar-refractivity contribution in [1.82, 2.24) is 10.3 Å². The molecule has 1 N–H and O–H groups in total. The normalized spacial score (nSPS) is 15.0. The highest BCUT2D eigenvalue weighted by Crippen LogP contribution is 2.16. The molecule has 2 aromatic rings. The number of carbonyl (C=O) groups excluding carboxylic acids is 2. The van der Waals surface area contributed by atoms with Crippen LogP contribution in [0, 0.1) is 0 Å². The molecule has 0 radical (unpaired) electrons. The van der Waals surface area contributed by atoms with Gasteiger partial charge in [-0.1, -0.05) is 42.5 Å². The number of rotatable bonds is 2. The molecule has 0 atom stereocenters. The Morgan fingerprint density at radius 2 is 1.74 bits per heavy atom. The number of nitrogens with one attached hydrogen (secondary N) is 1. The van der Waals surface area contributed by atoms with Gasteiger partial charge in [-0.3, -0.25) is 9.59 Å². The zero-order chi connectivity index (χ0) is 16.1. The molecule has 0 aliphatic carbocycles. The van der Waals surface area contributed by atoms with E-state index in [1.54, 1.807) is 11.1 Å². The molecule has 1 saturated heterocycles. The highest BCUT2D eigenvalue weighted by atomic mass is 16.2. The number of hydrogen-bond donors (Lipinski definition) is 1. The fraction of sp³-hybridized carbons (Fsp3) is 0.278. The number of hydrogen-bond acceptors (Lipinski definition) is 3. The first-order valence-corrected chi connectivity index (χ1v) is 7.86. The van der Waals surface area contributed by atoms with Crippen molar-refractivity contribution in [2.45, 2.75) is 19.3 Å². The summed E-state index contributed by atoms with van der Waals surface area (Å²) >= 11 is 0. The standard InChI is InChI=1S/C18H19N3O2/c22-17(18(23)21-11-4-1-5-12-21)20-19-13-15-9-6-8-14-7-2-3-10-16(14)15/h2-3,6-10,13H,1,4-5,11-12H2,(H,20,22). The molecule has 2 aromatic carbocycles. The average molecular weight is 309 g/mol. The van der Waals surface area contributed by atoms with E-state index in [0.717, 1.165) is 35.6 Å². The molecule has 23 heavy (non-hydrogen) atoms. The van der Waals surface area contributed by atoms with E-state index in [1.165, 1.54) is 0 Å². The molecular formula is C18H19N3O2. The molecule has 0 aromatic heterocycles. The Labute approximate surface area is 135 Å². The lowest BCUT2D eigenvalue weighted by molar-refractivity contribution is -0.146. The van der Waals surface area contributed by atoms with Crippen LogP contribution in [0.4, 0.5) is 0 Å². The molecule has 118 valence electrons. The van der Waals surface area contributed by atoms with Crippen LogP contribution < -0.4 is 5.43 Å². The summed E-state index contributed by atoms with van der Waals surface area (Å²) in [5, 5.41) is 6.09. The Balaban J connectivity index is 1.66. The lowest BCUT2D eigenvalue weighted by atomic mass is 10.1. The van der Waals surface area contributed by atoms with E-state index in [4.69, 9.17) is 0 Å². The van der Waals surface area contributed by atoms with Crippen molar-refractivity contribution in [3.63, 3.8) is 0 Å². The predicted molar refractivity (Wildman–Crippen MR) is 90.1 cm³/mol. The number of amides is 2. The molecule has 0 saturated carbocycles. The maximum atomic E-state index is 12.0. The van der Waals surface area contributed by atoms with Crippen molar-refractivity contribution >= 4 is 28.8 Å². The monoisotopic (exact) mass is 309 g/mol. The van der Waals surface area contributed by atoms with E-state index < -0.39 is 11.8 Å². The Morgan fingerprint density at radius 1 is 1.00 bits per heavy atom. The van der Waals surface area contributed by atoms with Gasteiger partial charge in [-0.2, -0.15) is 5.10 Å². The summed E-state index contributed by atoms with van der Waals surface area (Å²) in [5.74, 6) is -1.18. The minimum absolute atomic E-state index is 0.500. The Kier molecular flexibility index (Phi) is 4.66. The SMILES string of the molecule is O=C(NN=Cc1cccc2ccccc12)C(=O)N1CCCCC1. The van der Waals surface area contributed by atoms with Crippen LogP contribution in [0.15, 0.2) is 47.6 Å². The molecule has 3 rings (SSSR count). The molecule has 0 bridgehead atoms. The van der Waals surface area contributed by atoms with Crippen molar-refractivity contribution in [2.75, 3.05) is 13.1 Å². The van der Waals surface area contributed by atoms with Crippen LogP contribution in [0.25, 0.3) is 10.8 Å². The van der Waals surface area contributed by atoms with Crippen LogP contribution >= 0.6 is 0 Å². The summed E-state index contributed by atoms with van der Waals surface area (Å²) in [7, 11) is 0. The van der Waals surface area contributed by atoms with Gasteiger partial charge in [0.05, 0.1) is 6.21 Å². The van der Waals surface area contributed by atoms with Crippen LogP contribution in [0.3, 0.4) is 0 Å². The molecule has 1 fully saturated rings. The third-order valence-electron chi connectivity index (χ3n) is 4.03. The predicted octanol–water partition coefficient (Wildman–Crippen LogP) is 2.30. The Hall–Kier alpha value is -2.69. The van der Waals surface area contributed by atoms with Crippen molar-refractivity contribution < 1.29 is 9.59 Å². The first kappa shape index (κ1) is 15.2. The van der Waals surface area contributed by atoms with Gasteiger partial charge in [0.2, 0.25) is 0 Å². The second-order valence-corrected chi connectivity index (χ2v) is 5.62. The fourth-order valence-electron chi connectivity index (χ4n) is 2.81. The van der Waals surface area contributed by atoms with E-state index in [1.807, 2.05) is 42.5 Å². The van der Waals surface area contributed by atoms with Crippen LogP contribution in [-0.4, -0.2) is 36.0 Å². The van der Waals surface area contributed by atoms with Gasteiger partial charge in [0.1, 0.15) is 0 Å². The second kappa shape index (κ2) is 7.05. The lowest BCUT2D eigenvalue weighted by Crippen LogP contribution is -2.43. The third-order valence-corrected chi connectivity index (χ3v) is 4.03. The summed E-state index contributed by atoms with van der Waals surface area (Å²) < 4.78 is 0. The van der Waals surface area contributed by atoms with Crippen LogP contribution in [0.1, 0.15) is 24.8 Å². The first-order chi connectivity index (χ1) is 11.3. The average Bonchev–Trinajstić information content (AvgIpc) is 2.62. The number of hydrazone groups is 1. The van der Waals surface area contributed by atoms with Gasteiger partial charge in [-0.25, -0.2) is 5.43 Å². The first-order valence-electron chi connectivity index (χ1n) is 7.86. The molecule has 1 aliphatic rings. The molecule has 5 nitrogen and oxygen atoms in total. The third kappa shape index (κ3) is 3.56. The summed E-state index contributed by atoms with van der Waals surface area (Å²) in [4.78, 5) is 25.5. The minimum Gasteiger partial charge on any atom is -0.334 e. The van der Waals surface area contributed by atoms with Gasteiger partial charge in [0, 0.05) is 18.7 Å². The Bertz CT molecular complexity index is 744. The van der Waals surface area contributed by atoms with Gasteiger partial charge >= 0.3 is 11.8 Å². The van der Waals surface area contributed by atoms with Crippen molar-refractivity contribution in [2.24, 2.45) is 5.10 Å². The molecule has 1 heterocycles. The topological polar surface area (TPSA) is 61.8 Å². The number of likely N-dealkylation sites (tertiary alicyclic amines) is 1. The van der Waals surface area contributed by atoms with Gasteiger partial charge in [0.25, 0.3) is 0 Å². The zero-order valence-electron chi connectivity index (χ0n) is 12.9. The number of benzene rings is 2. The van der Waals surface area contributed by atoms with Gasteiger partial charge in [-0.15, -0.1) is 0 Å². The molecule has 0 unspecified atom stereocenters. The molecule has 2 amide bonds. The van der Waals surface area contributed by atoms with Gasteiger partial charge in [0.15, 0.2) is 0 Å². The zero-order valence-corrected chi connectivity index (χ0v) is 12.9. The van der Waals surface area contributed by atoms with E-state index in [2.05, 4.69) is 10.5 Å². The quantitative estimate of drug-likeness (QED) is 0.526. The highest BCUT2D eigenvalue weighted by molar-refractivity contribution is 6.35. The summed E-state index contributed by atoms with van der Waals surface area (Å²) in [6.45, 7) is 1.30. The maximum Gasteiger partial charge on any atom is 0.329 e. The van der Waals surface area contributed by atoms with E-state index in [0.29, 0.717) is 13.1 Å². The molecule has 5 heteroatoms. The molecule has 0 spiro atoms. The van der Waals surface area contributed by atoms with Crippen molar-refractivity contribution in [3.05, 3.63) is 48.0 Å². The van der Waals surface area contributed by atoms with E-state index in [9.17, 15) is 9.59 Å². The van der Waals surface area contributed by atoms with E-state index >= 15 is 0 Å². The number of fused-ring (bicyclic) bond motifs is 1. The lowest BCUT2D eigenvalue weighted by Gasteiger charge is -2.25. The molecule has 1 aliphatic heterocycles. The van der Waals surface area contributed by atoms with Crippen molar-refractivity contribution in [1.29, 1.82) is 0 Å². The fourth-order valence-corrected chi connectivity index (χ4v) is 2.81. The smallest absolute Gasteiger partial charge is 0.329 e. The largest absolute Gasteiger partial charge is 0.334 e. The van der Waals surface area contributed by atoms with Gasteiger partial charge < -0.3 is 4.90 Å². The minimum atomic E-state index is -0.677. The van der Waals surface area contributed by atoms with Crippen LogP contribution in [0.2, 0.25) is 0 Å². The summed E-state index contributed by atoms with van der Waals surface area (Å²) in [5.41, 5.74) is 3.23. The van der Waals surface area contributed by atoms with Gasteiger partial charge in [-0.05, 0) is 30.0 Å². The highest BCUT2D eigenvalue weighted by Gasteiger charge is 2.22. The summed E-state index contributed by atoms with van der Waals surface area (Å²) in [6.07, 6.45) is 4.60. The van der Waals surface area contributed by atoms with Crippen LogP contribution in [-0.2, 0) is 9.59 Å². The molecular weight excluding hydrogens is 290 g/mol. The number of carbonyl (C=O) groups is 2. The van der Waals surface area contributed by atoms with Crippen molar-refractivity contribution in [3.8, 4) is 0 Å². The second-order valence-electron chi connectivity index (χ2n) is 5.62. The van der Waals surface area contributed by atoms with Crippen LogP contribution in [0.5, 0.6) is 0 Å². The maximum absolute atomic E-state index is 12.0. The number of nitrogens with zero attached hydrogens (tertiary/aromatic N) is 2. The summed E-state index contributed by atoms with van der Waals surface area (Å²) in [6, 6.07) is 13.8. The Morgan fingerprint density at radius 3 is 2.57 bits per heavy atom.